The minimum atomic E-state index is -3.37. The average molecular weight is 315 g/mol. The van der Waals surface area contributed by atoms with Gasteiger partial charge >= 0.3 is 0 Å². The molecule has 0 radical (unpaired) electrons. The molecule has 0 amide bonds. The van der Waals surface area contributed by atoms with Crippen LogP contribution >= 0.6 is 11.6 Å². The third-order valence-electron chi connectivity index (χ3n) is 3.27. The average Bonchev–Trinajstić information content (AvgIpc) is 2.91. The molecule has 1 fully saturated rings. The lowest BCUT2D eigenvalue weighted by atomic mass is 10.2. The summed E-state index contributed by atoms with van der Waals surface area (Å²) in [5, 5.41) is 5.17. The van der Waals surface area contributed by atoms with Crippen molar-refractivity contribution >= 4 is 27.7 Å². The molecule has 0 aliphatic carbocycles. The Bertz CT molecular complexity index is 549. The lowest BCUT2D eigenvalue weighted by molar-refractivity contribution is 0.543. The molecular weight excluding hydrogens is 296 g/mol. The van der Waals surface area contributed by atoms with Gasteiger partial charge < -0.3 is 5.32 Å². The number of benzene rings is 1. The molecule has 1 aliphatic heterocycles. The molecule has 110 valence electrons. The number of hydrogen-bond donors (Lipinski definition) is 2. The van der Waals surface area contributed by atoms with Gasteiger partial charge in [0.2, 0.25) is 10.0 Å². The van der Waals surface area contributed by atoms with Gasteiger partial charge in [0, 0.05) is 23.0 Å². The van der Waals surface area contributed by atoms with Gasteiger partial charge in [0.25, 0.3) is 0 Å². The molecule has 0 saturated carbocycles. The van der Waals surface area contributed by atoms with Gasteiger partial charge in [0.15, 0.2) is 0 Å². The Morgan fingerprint density at radius 2 is 2.10 bits per heavy atom. The normalized spacial score (nSPS) is 19.8. The molecule has 1 aromatic carbocycles. The molecule has 1 aromatic rings. The van der Waals surface area contributed by atoms with Gasteiger partial charge in [-0.15, -0.1) is 0 Å². The van der Waals surface area contributed by atoms with Crippen LogP contribution in [0.2, 0.25) is 5.02 Å². The molecule has 2 N–H and O–H groups in total. The van der Waals surface area contributed by atoms with E-state index in [1.54, 1.807) is 30.3 Å². The predicted molar refractivity (Wildman–Crippen MR) is 83.1 cm³/mol. The predicted octanol–water partition coefficient (Wildman–Crippen LogP) is 2.37. The zero-order valence-corrected chi connectivity index (χ0v) is 12.8. The molecule has 1 saturated heterocycles. The Hall–Kier alpha value is -0.880. The van der Waals surface area contributed by atoms with Gasteiger partial charge in [-0.05, 0) is 49.6 Å². The van der Waals surface area contributed by atoms with E-state index in [1.807, 2.05) is 0 Å². The zero-order valence-electron chi connectivity index (χ0n) is 11.2. The second-order valence-corrected chi connectivity index (χ2v) is 6.96. The first-order chi connectivity index (χ1) is 9.55. The number of sulfonamides is 1. The minimum absolute atomic E-state index is 0.443. The van der Waals surface area contributed by atoms with Gasteiger partial charge in [0.1, 0.15) is 0 Å². The Morgan fingerprint density at radius 3 is 2.75 bits per heavy atom. The standard InChI is InChI=1S/C14H19ClN2O2S/c15-13-5-3-12(4-6-13)8-11-20(18,19)17-10-7-14-2-1-9-16-14/h3-6,8,11,14,16-17H,1-2,7,9-10H2/b11-8+/t14-/m1/s1. The SMILES string of the molecule is O=S(=O)(/C=C/c1ccc(Cl)cc1)NCC[C@H]1CCCN1. The van der Waals surface area contributed by atoms with Crippen molar-refractivity contribution in [3.8, 4) is 0 Å². The van der Waals surface area contributed by atoms with E-state index in [2.05, 4.69) is 10.0 Å². The first-order valence-corrected chi connectivity index (χ1v) is 8.64. The topological polar surface area (TPSA) is 58.2 Å². The van der Waals surface area contributed by atoms with Crippen LogP contribution in [-0.4, -0.2) is 27.5 Å². The first kappa shape index (κ1) is 15.5. The molecule has 2 rings (SSSR count). The van der Waals surface area contributed by atoms with Crippen molar-refractivity contribution in [3.63, 3.8) is 0 Å². The highest BCUT2D eigenvalue weighted by atomic mass is 35.5. The van der Waals surface area contributed by atoms with Crippen molar-refractivity contribution in [1.29, 1.82) is 0 Å². The zero-order chi connectivity index (χ0) is 14.4. The van der Waals surface area contributed by atoms with Gasteiger partial charge in [-0.3, -0.25) is 0 Å². The van der Waals surface area contributed by atoms with Crippen LogP contribution in [0.1, 0.15) is 24.8 Å². The third kappa shape index (κ3) is 5.25. The highest BCUT2D eigenvalue weighted by molar-refractivity contribution is 7.92. The summed E-state index contributed by atoms with van der Waals surface area (Å²) in [6.07, 6.45) is 4.69. The van der Waals surface area contributed by atoms with Crippen LogP contribution in [0, 0.1) is 0 Å². The van der Waals surface area contributed by atoms with E-state index in [9.17, 15) is 8.42 Å². The van der Waals surface area contributed by atoms with E-state index in [0.717, 1.165) is 24.9 Å². The molecule has 1 heterocycles. The molecule has 0 unspecified atom stereocenters. The Morgan fingerprint density at radius 1 is 1.35 bits per heavy atom. The van der Waals surface area contributed by atoms with Crippen molar-refractivity contribution in [2.75, 3.05) is 13.1 Å². The Kier molecular flexibility index (Phi) is 5.60. The molecular formula is C14H19ClN2O2S. The van der Waals surface area contributed by atoms with Crippen LogP contribution in [0.15, 0.2) is 29.7 Å². The highest BCUT2D eigenvalue weighted by Crippen LogP contribution is 2.11. The van der Waals surface area contributed by atoms with Gasteiger partial charge in [-0.25, -0.2) is 13.1 Å². The van der Waals surface area contributed by atoms with Crippen LogP contribution in [0.4, 0.5) is 0 Å². The molecule has 0 spiro atoms. The fourth-order valence-electron chi connectivity index (χ4n) is 2.17. The van der Waals surface area contributed by atoms with Crippen LogP contribution in [0.25, 0.3) is 6.08 Å². The molecule has 4 nitrogen and oxygen atoms in total. The van der Waals surface area contributed by atoms with Crippen molar-refractivity contribution in [2.45, 2.75) is 25.3 Å². The number of nitrogens with one attached hydrogen (secondary N) is 2. The van der Waals surface area contributed by atoms with Crippen molar-refractivity contribution < 1.29 is 8.42 Å². The van der Waals surface area contributed by atoms with E-state index in [0.29, 0.717) is 17.6 Å². The lowest BCUT2D eigenvalue weighted by Crippen LogP contribution is -2.29. The lowest BCUT2D eigenvalue weighted by Gasteiger charge is -2.09. The summed E-state index contributed by atoms with van der Waals surface area (Å²) in [6, 6.07) is 7.45. The van der Waals surface area contributed by atoms with Gasteiger partial charge in [0.05, 0.1) is 0 Å². The minimum Gasteiger partial charge on any atom is -0.314 e. The Labute approximate surface area is 125 Å². The summed E-state index contributed by atoms with van der Waals surface area (Å²) in [7, 11) is -3.37. The smallest absolute Gasteiger partial charge is 0.233 e. The van der Waals surface area contributed by atoms with E-state index < -0.39 is 10.0 Å². The molecule has 20 heavy (non-hydrogen) atoms. The van der Waals surface area contributed by atoms with E-state index in [1.165, 1.54) is 11.8 Å². The van der Waals surface area contributed by atoms with E-state index in [-0.39, 0.29) is 0 Å². The summed E-state index contributed by atoms with van der Waals surface area (Å²) in [6.45, 7) is 1.50. The van der Waals surface area contributed by atoms with Crippen LogP contribution in [-0.2, 0) is 10.0 Å². The van der Waals surface area contributed by atoms with Crippen molar-refractivity contribution in [1.82, 2.24) is 10.0 Å². The fraction of sp³-hybridized carbons (Fsp3) is 0.429. The number of rotatable bonds is 6. The monoisotopic (exact) mass is 314 g/mol. The summed E-state index contributed by atoms with van der Waals surface area (Å²) in [5.41, 5.74) is 0.803. The second-order valence-electron chi connectivity index (χ2n) is 4.88. The largest absolute Gasteiger partial charge is 0.314 e. The molecule has 1 atom stereocenters. The quantitative estimate of drug-likeness (QED) is 0.847. The maximum atomic E-state index is 11.8. The summed E-state index contributed by atoms with van der Waals surface area (Å²) < 4.78 is 26.2. The molecule has 6 heteroatoms. The third-order valence-corrected chi connectivity index (χ3v) is 4.62. The summed E-state index contributed by atoms with van der Waals surface area (Å²) in [5.74, 6) is 0. The van der Waals surface area contributed by atoms with Crippen molar-refractivity contribution in [3.05, 3.63) is 40.3 Å². The second kappa shape index (κ2) is 7.22. The number of hydrogen-bond acceptors (Lipinski definition) is 3. The Balaban J connectivity index is 1.81. The molecule has 1 aliphatic rings. The highest BCUT2D eigenvalue weighted by Gasteiger charge is 2.14. The van der Waals surface area contributed by atoms with Crippen molar-refractivity contribution in [2.24, 2.45) is 0 Å². The van der Waals surface area contributed by atoms with Crippen LogP contribution in [0.3, 0.4) is 0 Å². The number of halogens is 1. The maximum Gasteiger partial charge on any atom is 0.233 e. The molecule has 0 bridgehead atoms. The first-order valence-electron chi connectivity index (χ1n) is 6.72. The van der Waals surface area contributed by atoms with E-state index in [4.69, 9.17) is 11.6 Å². The van der Waals surface area contributed by atoms with Crippen LogP contribution in [0.5, 0.6) is 0 Å². The van der Waals surface area contributed by atoms with Gasteiger partial charge in [-0.1, -0.05) is 23.7 Å². The summed E-state index contributed by atoms with van der Waals surface area (Å²) in [4.78, 5) is 0. The fourth-order valence-corrected chi connectivity index (χ4v) is 3.13. The van der Waals surface area contributed by atoms with Crippen LogP contribution < -0.4 is 10.0 Å². The molecule has 0 aromatic heterocycles. The van der Waals surface area contributed by atoms with Gasteiger partial charge in [-0.2, -0.15) is 0 Å². The maximum absolute atomic E-state index is 11.8. The summed E-state index contributed by atoms with van der Waals surface area (Å²) >= 11 is 5.77. The van der Waals surface area contributed by atoms with E-state index >= 15 is 0 Å².